The van der Waals surface area contributed by atoms with Crippen molar-refractivity contribution in [1.29, 1.82) is 0 Å². The van der Waals surface area contributed by atoms with Gasteiger partial charge in [-0.25, -0.2) is 0 Å². The SMILES string of the molecule is COc1ccc(C(N)c2ccc(OCC(=O)NCC3CCCC3)cc2)c(OC)c1. The number of amides is 1. The summed E-state index contributed by atoms with van der Waals surface area (Å²) in [6.07, 6.45) is 4.96. The molecular weight excluding hydrogens is 368 g/mol. The molecule has 1 fully saturated rings. The minimum Gasteiger partial charge on any atom is -0.497 e. The average molecular weight is 399 g/mol. The Morgan fingerprint density at radius 1 is 1.07 bits per heavy atom. The van der Waals surface area contributed by atoms with E-state index in [-0.39, 0.29) is 18.6 Å². The minimum atomic E-state index is -0.348. The lowest BCUT2D eigenvalue weighted by molar-refractivity contribution is -0.123. The molecule has 0 bridgehead atoms. The van der Waals surface area contributed by atoms with Gasteiger partial charge in [0.1, 0.15) is 17.2 Å². The van der Waals surface area contributed by atoms with Crippen molar-refractivity contribution in [1.82, 2.24) is 5.32 Å². The Balaban J connectivity index is 1.54. The number of benzene rings is 2. The van der Waals surface area contributed by atoms with Gasteiger partial charge in [-0.1, -0.05) is 25.0 Å². The van der Waals surface area contributed by atoms with E-state index in [2.05, 4.69) is 5.32 Å². The second-order valence-electron chi connectivity index (χ2n) is 7.40. The number of rotatable bonds is 9. The topological polar surface area (TPSA) is 82.8 Å². The van der Waals surface area contributed by atoms with Crippen molar-refractivity contribution in [2.24, 2.45) is 11.7 Å². The fourth-order valence-electron chi connectivity index (χ4n) is 3.70. The molecule has 1 atom stereocenters. The fourth-order valence-corrected chi connectivity index (χ4v) is 3.70. The van der Waals surface area contributed by atoms with Crippen molar-refractivity contribution in [2.45, 2.75) is 31.7 Å². The summed E-state index contributed by atoms with van der Waals surface area (Å²) in [5.74, 6) is 2.57. The number of methoxy groups -OCH3 is 2. The van der Waals surface area contributed by atoms with E-state index in [0.717, 1.165) is 17.7 Å². The molecule has 3 rings (SSSR count). The Bertz CT molecular complexity index is 801. The molecule has 3 N–H and O–H groups in total. The lowest BCUT2D eigenvalue weighted by Gasteiger charge is -2.17. The zero-order valence-corrected chi connectivity index (χ0v) is 17.1. The number of carbonyl (C=O) groups excluding carboxylic acids is 1. The Morgan fingerprint density at radius 2 is 1.76 bits per heavy atom. The molecule has 1 aliphatic rings. The third kappa shape index (κ3) is 5.64. The smallest absolute Gasteiger partial charge is 0.257 e. The summed E-state index contributed by atoms with van der Waals surface area (Å²) in [5.41, 5.74) is 8.22. The molecule has 0 aliphatic heterocycles. The van der Waals surface area contributed by atoms with E-state index in [1.807, 2.05) is 42.5 Å². The molecule has 2 aromatic rings. The highest BCUT2D eigenvalue weighted by atomic mass is 16.5. The van der Waals surface area contributed by atoms with Crippen molar-refractivity contribution < 1.29 is 19.0 Å². The quantitative estimate of drug-likeness (QED) is 0.676. The normalized spacial score (nSPS) is 15.0. The molecule has 2 aromatic carbocycles. The second-order valence-corrected chi connectivity index (χ2v) is 7.40. The van der Waals surface area contributed by atoms with Crippen molar-refractivity contribution in [2.75, 3.05) is 27.4 Å². The lowest BCUT2D eigenvalue weighted by atomic mass is 9.98. The summed E-state index contributed by atoms with van der Waals surface area (Å²) in [6, 6.07) is 12.7. The Hall–Kier alpha value is -2.73. The summed E-state index contributed by atoms with van der Waals surface area (Å²) in [4.78, 5) is 12.0. The van der Waals surface area contributed by atoms with Crippen LogP contribution in [-0.4, -0.2) is 33.3 Å². The first-order chi connectivity index (χ1) is 14.1. The number of carbonyl (C=O) groups is 1. The zero-order chi connectivity index (χ0) is 20.6. The molecule has 0 saturated heterocycles. The van der Waals surface area contributed by atoms with Crippen LogP contribution < -0.4 is 25.3 Å². The van der Waals surface area contributed by atoms with Gasteiger partial charge in [-0.05, 0) is 48.6 Å². The van der Waals surface area contributed by atoms with E-state index in [1.54, 1.807) is 14.2 Å². The van der Waals surface area contributed by atoms with Crippen molar-refractivity contribution in [3.8, 4) is 17.2 Å². The van der Waals surface area contributed by atoms with Crippen LogP contribution in [0, 0.1) is 5.92 Å². The van der Waals surface area contributed by atoms with Crippen molar-refractivity contribution in [3.63, 3.8) is 0 Å². The third-order valence-corrected chi connectivity index (χ3v) is 5.45. The molecule has 0 radical (unpaired) electrons. The zero-order valence-electron chi connectivity index (χ0n) is 17.1. The van der Waals surface area contributed by atoms with E-state index in [9.17, 15) is 4.79 Å². The van der Waals surface area contributed by atoms with Gasteiger partial charge in [0.2, 0.25) is 0 Å². The Labute approximate surface area is 172 Å². The van der Waals surface area contributed by atoms with E-state index < -0.39 is 0 Å². The first-order valence-corrected chi connectivity index (χ1v) is 10.1. The molecule has 29 heavy (non-hydrogen) atoms. The lowest BCUT2D eigenvalue weighted by Crippen LogP contribution is -2.32. The van der Waals surface area contributed by atoms with Gasteiger partial charge in [-0.2, -0.15) is 0 Å². The highest BCUT2D eigenvalue weighted by molar-refractivity contribution is 5.77. The molecule has 0 spiro atoms. The largest absolute Gasteiger partial charge is 0.497 e. The molecule has 156 valence electrons. The number of hydrogen-bond acceptors (Lipinski definition) is 5. The van der Waals surface area contributed by atoms with Crippen LogP contribution >= 0.6 is 0 Å². The summed E-state index contributed by atoms with van der Waals surface area (Å²) < 4.78 is 16.3. The number of hydrogen-bond donors (Lipinski definition) is 2. The van der Waals surface area contributed by atoms with Gasteiger partial charge in [-0.3, -0.25) is 4.79 Å². The standard InChI is InChI=1S/C23H30N2O4/c1-27-19-11-12-20(21(13-19)28-2)23(24)17-7-9-18(10-8-17)29-15-22(26)25-14-16-5-3-4-6-16/h7-13,16,23H,3-6,14-15,24H2,1-2H3,(H,25,26). The van der Waals surface area contributed by atoms with E-state index in [4.69, 9.17) is 19.9 Å². The van der Waals surface area contributed by atoms with Gasteiger partial charge in [0, 0.05) is 18.2 Å². The highest BCUT2D eigenvalue weighted by Crippen LogP contribution is 2.32. The fraction of sp³-hybridized carbons (Fsp3) is 0.435. The molecule has 1 aliphatic carbocycles. The first-order valence-electron chi connectivity index (χ1n) is 10.1. The van der Waals surface area contributed by atoms with Crippen LogP contribution in [0.3, 0.4) is 0 Å². The molecular formula is C23H30N2O4. The van der Waals surface area contributed by atoms with E-state index >= 15 is 0 Å². The summed E-state index contributed by atoms with van der Waals surface area (Å²) >= 11 is 0. The van der Waals surface area contributed by atoms with Crippen LogP contribution in [0.25, 0.3) is 0 Å². The van der Waals surface area contributed by atoms with E-state index in [0.29, 0.717) is 23.2 Å². The molecule has 1 saturated carbocycles. The molecule has 0 heterocycles. The number of nitrogens with two attached hydrogens (primary N) is 1. The van der Waals surface area contributed by atoms with Gasteiger partial charge in [0.05, 0.1) is 20.3 Å². The van der Waals surface area contributed by atoms with Gasteiger partial charge in [0.25, 0.3) is 5.91 Å². The monoisotopic (exact) mass is 398 g/mol. The van der Waals surface area contributed by atoms with Crippen molar-refractivity contribution in [3.05, 3.63) is 53.6 Å². The molecule has 6 heteroatoms. The maximum absolute atomic E-state index is 12.0. The minimum absolute atomic E-state index is 0.0183. The van der Waals surface area contributed by atoms with Crippen LogP contribution in [0.2, 0.25) is 0 Å². The van der Waals surface area contributed by atoms with Crippen LogP contribution in [0.15, 0.2) is 42.5 Å². The summed E-state index contributed by atoms with van der Waals surface area (Å²) in [6.45, 7) is 0.768. The molecule has 1 unspecified atom stereocenters. The summed E-state index contributed by atoms with van der Waals surface area (Å²) in [7, 11) is 3.22. The predicted octanol–water partition coefficient (Wildman–Crippen LogP) is 3.44. The van der Waals surface area contributed by atoms with Gasteiger partial charge >= 0.3 is 0 Å². The van der Waals surface area contributed by atoms with E-state index in [1.165, 1.54) is 25.7 Å². The van der Waals surface area contributed by atoms with Gasteiger partial charge in [0.15, 0.2) is 6.61 Å². The molecule has 6 nitrogen and oxygen atoms in total. The molecule has 0 aromatic heterocycles. The maximum atomic E-state index is 12.0. The van der Waals surface area contributed by atoms with Crippen molar-refractivity contribution >= 4 is 5.91 Å². The maximum Gasteiger partial charge on any atom is 0.257 e. The van der Waals surface area contributed by atoms with Gasteiger partial charge in [-0.15, -0.1) is 0 Å². The van der Waals surface area contributed by atoms with Crippen LogP contribution in [-0.2, 0) is 4.79 Å². The highest BCUT2D eigenvalue weighted by Gasteiger charge is 2.17. The predicted molar refractivity (Wildman–Crippen MR) is 112 cm³/mol. The van der Waals surface area contributed by atoms with Crippen LogP contribution in [0.4, 0.5) is 0 Å². The summed E-state index contributed by atoms with van der Waals surface area (Å²) in [5, 5.41) is 2.96. The van der Waals surface area contributed by atoms with Crippen LogP contribution in [0.1, 0.15) is 42.9 Å². The second kappa shape index (κ2) is 10.2. The third-order valence-electron chi connectivity index (χ3n) is 5.45. The average Bonchev–Trinajstić information content (AvgIpc) is 3.29. The number of ether oxygens (including phenoxy) is 3. The van der Waals surface area contributed by atoms with Gasteiger partial charge < -0.3 is 25.3 Å². The number of nitrogens with one attached hydrogen (secondary N) is 1. The Kier molecular flexibility index (Phi) is 7.36. The molecule has 1 amide bonds. The first kappa shape index (κ1) is 21.0. The van der Waals surface area contributed by atoms with Crippen LogP contribution in [0.5, 0.6) is 17.2 Å². The Morgan fingerprint density at radius 3 is 2.41 bits per heavy atom.